The van der Waals surface area contributed by atoms with Gasteiger partial charge in [0.05, 0.1) is 7.11 Å². The summed E-state index contributed by atoms with van der Waals surface area (Å²) in [5.41, 5.74) is 9.31. The second-order valence-corrected chi connectivity index (χ2v) is 9.04. The third-order valence-corrected chi connectivity index (χ3v) is 5.87. The lowest BCUT2D eigenvalue weighted by Crippen LogP contribution is -2.24. The van der Waals surface area contributed by atoms with Gasteiger partial charge in [0.15, 0.2) is 5.65 Å². The number of hydrogen-bond donors (Lipinski definition) is 2. The Hall–Kier alpha value is -3.59. The van der Waals surface area contributed by atoms with Gasteiger partial charge in [0.2, 0.25) is 11.8 Å². The van der Waals surface area contributed by atoms with E-state index in [-0.39, 0.29) is 17.7 Å². The molecule has 32 heavy (non-hydrogen) atoms. The number of rotatable bonds is 7. The zero-order valence-electron chi connectivity index (χ0n) is 18.1. The van der Waals surface area contributed by atoms with E-state index in [1.54, 1.807) is 34.7 Å². The molecule has 4 rings (SSSR count). The molecule has 3 heterocycles. The number of amides is 1. The first-order valence-corrected chi connectivity index (χ1v) is 11.0. The normalized spacial score (nSPS) is 11.1. The highest BCUT2D eigenvalue weighted by Gasteiger charge is 2.16. The van der Waals surface area contributed by atoms with E-state index in [9.17, 15) is 4.79 Å². The van der Waals surface area contributed by atoms with Crippen molar-refractivity contribution in [1.29, 1.82) is 0 Å². The Bertz CT molecular complexity index is 1270. The summed E-state index contributed by atoms with van der Waals surface area (Å²) in [4.78, 5) is 22.7. The second-order valence-electron chi connectivity index (χ2n) is 7.43. The highest BCUT2D eigenvalue weighted by atomic mass is 32.2. The van der Waals surface area contributed by atoms with Crippen molar-refractivity contribution in [2.75, 3.05) is 12.8 Å². The van der Waals surface area contributed by atoms with Crippen molar-refractivity contribution < 1.29 is 9.53 Å². The summed E-state index contributed by atoms with van der Waals surface area (Å²) in [6.45, 7) is 4.70. The van der Waals surface area contributed by atoms with Gasteiger partial charge in [-0.25, -0.2) is 9.50 Å². The standard InChI is InChI=1S/C23H24N6O2S/c1-14(2)32-19-7-5-4-6-16(19)12-25-21(30)18-10-17(13-26-22(18)31-3)15-8-9-29-20(11-15)27-23(24)28-29/h4-11,13-14H,12H2,1-3H3,(H2,24,28)(H,25,30). The van der Waals surface area contributed by atoms with E-state index >= 15 is 0 Å². The SMILES string of the molecule is COc1ncc(-c2ccn3nc(N)nc3c2)cc1C(=O)NCc1ccccc1SC(C)C. The molecule has 0 bridgehead atoms. The Morgan fingerprint density at radius 1 is 1.22 bits per heavy atom. The fraction of sp³-hybridized carbons (Fsp3) is 0.217. The number of nitrogens with zero attached hydrogens (tertiary/aromatic N) is 4. The molecule has 0 aliphatic carbocycles. The number of aromatic nitrogens is 4. The van der Waals surface area contributed by atoms with E-state index in [2.05, 4.69) is 40.3 Å². The molecule has 0 spiro atoms. The molecule has 9 heteroatoms. The van der Waals surface area contributed by atoms with E-state index in [0.717, 1.165) is 21.6 Å². The Balaban J connectivity index is 1.59. The highest BCUT2D eigenvalue weighted by molar-refractivity contribution is 8.00. The summed E-state index contributed by atoms with van der Waals surface area (Å²) in [5, 5.41) is 7.53. The number of ether oxygens (including phenoxy) is 1. The molecule has 164 valence electrons. The van der Waals surface area contributed by atoms with E-state index in [1.807, 2.05) is 30.3 Å². The quantitative estimate of drug-likeness (QED) is 0.414. The van der Waals surface area contributed by atoms with Crippen LogP contribution in [0.2, 0.25) is 0 Å². The van der Waals surface area contributed by atoms with Crippen LogP contribution in [0.3, 0.4) is 0 Å². The Kier molecular flexibility index (Phi) is 6.27. The number of methoxy groups -OCH3 is 1. The molecule has 0 radical (unpaired) electrons. The van der Waals surface area contributed by atoms with Gasteiger partial charge in [-0.3, -0.25) is 4.79 Å². The fourth-order valence-electron chi connectivity index (χ4n) is 3.30. The number of anilines is 1. The molecule has 1 amide bonds. The van der Waals surface area contributed by atoms with Gasteiger partial charge in [-0.05, 0) is 35.4 Å². The zero-order chi connectivity index (χ0) is 22.7. The van der Waals surface area contributed by atoms with Gasteiger partial charge in [0, 0.05) is 34.6 Å². The fourth-order valence-corrected chi connectivity index (χ4v) is 4.26. The molecule has 3 aromatic heterocycles. The lowest BCUT2D eigenvalue weighted by molar-refractivity contribution is 0.0947. The molecule has 0 saturated carbocycles. The first-order valence-electron chi connectivity index (χ1n) is 10.1. The highest BCUT2D eigenvalue weighted by Crippen LogP contribution is 2.28. The van der Waals surface area contributed by atoms with Crippen LogP contribution in [0.25, 0.3) is 16.8 Å². The average Bonchev–Trinajstić information content (AvgIpc) is 3.16. The number of carbonyl (C=O) groups excluding carboxylic acids is 1. The van der Waals surface area contributed by atoms with Crippen LogP contribution in [0, 0.1) is 0 Å². The smallest absolute Gasteiger partial charge is 0.257 e. The number of thioether (sulfide) groups is 1. The summed E-state index contributed by atoms with van der Waals surface area (Å²) >= 11 is 1.77. The third kappa shape index (κ3) is 4.67. The third-order valence-electron chi connectivity index (χ3n) is 4.75. The molecular formula is C23H24N6O2S. The van der Waals surface area contributed by atoms with E-state index in [4.69, 9.17) is 10.5 Å². The Morgan fingerprint density at radius 3 is 2.81 bits per heavy atom. The summed E-state index contributed by atoms with van der Waals surface area (Å²) in [6.07, 6.45) is 3.43. The monoisotopic (exact) mass is 448 g/mol. The molecular weight excluding hydrogens is 424 g/mol. The number of nitrogens with two attached hydrogens (primary N) is 1. The Morgan fingerprint density at radius 2 is 2.03 bits per heavy atom. The number of fused-ring (bicyclic) bond motifs is 1. The molecule has 0 aliphatic heterocycles. The van der Waals surface area contributed by atoms with E-state index in [1.165, 1.54) is 7.11 Å². The number of hydrogen-bond acceptors (Lipinski definition) is 7. The summed E-state index contributed by atoms with van der Waals surface area (Å²) in [7, 11) is 1.50. The van der Waals surface area contributed by atoms with Crippen molar-refractivity contribution in [3.63, 3.8) is 0 Å². The van der Waals surface area contributed by atoms with Gasteiger partial charge >= 0.3 is 0 Å². The van der Waals surface area contributed by atoms with Crippen molar-refractivity contribution in [3.05, 3.63) is 66.0 Å². The van der Waals surface area contributed by atoms with Crippen LogP contribution in [0.1, 0.15) is 29.8 Å². The number of benzene rings is 1. The summed E-state index contributed by atoms with van der Waals surface area (Å²) in [6, 6.07) is 13.5. The molecule has 0 atom stereocenters. The van der Waals surface area contributed by atoms with Gasteiger partial charge in [0.1, 0.15) is 5.56 Å². The minimum Gasteiger partial charge on any atom is -0.480 e. The van der Waals surface area contributed by atoms with Crippen molar-refractivity contribution in [1.82, 2.24) is 24.9 Å². The minimum absolute atomic E-state index is 0.200. The van der Waals surface area contributed by atoms with Crippen LogP contribution in [0.15, 0.2) is 59.8 Å². The minimum atomic E-state index is -0.256. The predicted molar refractivity (Wildman–Crippen MR) is 126 cm³/mol. The lowest BCUT2D eigenvalue weighted by atomic mass is 10.1. The molecule has 8 nitrogen and oxygen atoms in total. The van der Waals surface area contributed by atoms with Gasteiger partial charge in [-0.15, -0.1) is 16.9 Å². The first-order chi connectivity index (χ1) is 15.4. The van der Waals surface area contributed by atoms with Crippen LogP contribution in [0.5, 0.6) is 5.88 Å². The largest absolute Gasteiger partial charge is 0.480 e. The van der Waals surface area contributed by atoms with Gasteiger partial charge in [-0.2, -0.15) is 4.98 Å². The second kappa shape index (κ2) is 9.27. The maximum atomic E-state index is 13.0. The van der Waals surface area contributed by atoms with E-state index < -0.39 is 0 Å². The van der Waals surface area contributed by atoms with Gasteiger partial charge in [0.25, 0.3) is 5.91 Å². The van der Waals surface area contributed by atoms with Crippen LogP contribution in [-0.4, -0.2) is 37.8 Å². The van der Waals surface area contributed by atoms with Crippen LogP contribution >= 0.6 is 11.8 Å². The molecule has 1 aromatic carbocycles. The average molecular weight is 449 g/mol. The van der Waals surface area contributed by atoms with E-state index in [0.29, 0.717) is 23.0 Å². The first kappa shape index (κ1) is 21.6. The number of nitrogens with one attached hydrogen (secondary N) is 1. The van der Waals surface area contributed by atoms with Crippen LogP contribution in [-0.2, 0) is 6.54 Å². The van der Waals surface area contributed by atoms with Gasteiger partial charge < -0.3 is 15.8 Å². The summed E-state index contributed by atoms with van der Waals surface area (Å²) in [5.74, 6) is 0.211. The molecule has 0 aliphatic rings. The topological polar surface area (TPSA) is 107 Å². The zero-order valence-corrected chi connectivity index (χ0v) is 18.9. The molecule has 0 fully saturated rings. The molecule has 3 N–H and O–H groups in total. The van der Waals surface area contributed by atoms with Crippen molar-refractivity contribution in [3.8, 4) is 17.0 Å². The van der Waals surface area contributed by atoms with Crippen LogP contribution < -0.4 is 15.8 Å². The number of pyridine rings is 2. The van der Waals surface area contributed by atoms with Crippen molar-refractivity contribution in [2.24, 2.45) is 0 Å². The molecule has 4 aromatic rings. The molecule has 0 saturated heterocycles. The van der Waals surface area contributed by atoms with Crippen molar-refractivity contribution >= 4 is 29.3 Å². The van der Waals surface area contributed by atoms with Gasteiger partial charge in [-0.1, -0.05) is 32.0 Å². The number of carbonyl (C=O) groups is 1. The van der Waals surface area contributed by atoms with Crippen molar-refractivity contribution in [2.45, 2.75) is 30.5 Å². The van der Waals surface area contributed by atoms with Crippen LogP contribution in [0.4, 0.5) is 5.95 Å². The predicted octanol–water partition coefficient (Wildman–Crippen LogP) is 3.81. The summed E-state index contributed by atoms with van der Waals surface area (Å²) < 4.78 is 6.93. The number of nitrogen functional groups attached to an aromatic ring is 1. The lowest BCUT2D eigenvalue weighted by Gasteiger charge is -2.13. The maximum Gasteiger partial charge on any atom is 0.257 e. The molecule has 0 unspecified atom stereocenters. The Labute approximate surface area is 190 Å². The maximum absolute atomic E-state index is 13.0.